The molecule has 4 heteroatoms. The van der Waals surface area contributed by atoms with Crippen LogP contribution in [-0.4, -0.2) is 17.7 Å². The molecule has 0 aliphatic heterocycles. The van der Waals surface area contributed by atoms with Gasteiger partial charge in [-0.3, -0.25) is 0 Å². The van der Waals surface area contributed by atoms with Gasteiger partial charge in [0.05, 0.1) is 16.1 Å². The lowest BCUT2D eigenvalue weighted by Crippen LogP contribution is -2.04. The van der Waals surface area contributed by atoms with E-state index in [-0.39, 0.29) is 0 Å². The van der Waals surface area contributed by atoms with E-state index in [2.05, 4.69) is 10.3 Å². The van der Waals surface area contributed by atoms with Gasteiger partial charge in [-0.1, -0.05) is 29.8 Å². The summed E-state index contributed by atoms with van der Waals surface area (Å²) in [6, 6.07) is 7.65. The molecule has 0 spiro atoms. The fourth-order valence-electron chi connectivity index (χ4n) is 1.69. The standard InChI is InChI=1S/C12H12ClN3/c1-7(14)10-11(13)8-5-3-4-6-9(8)16-12(10)15-2/h3-6,14H,1-2H3,(H,15,16). The number of fused-ring (bicyclic) bond motifs is 1. The highest BCUT2D eigenvalue weighted by molar-refractivity contribution is 6.39. The normalized spacial score (nSPS) is 10.4. The molecule has 0 bridgehead atoms. The van der Waals surface area contributed by atoms with Crippen molar-refractivity contribution in [1.29, 1.82) is 5.41 Å². The first-order valence-corrected chi connectivity index (χ1v) is 5.34. The molecule has 0 unspecified atom stereocenters. The number of para-hydroxylation sites is 1. The minimum absolute atomic E-state index is 0.410. The average molecular weight is 234 g/mol. The van der Waals surface area contributed by atoms with Crippen LogP contribution < -0.4 is 5.32 Å². The zero-order chi connectivity index (χ0) is 11.7. The van der Waals surface area contributed by atoms with Crippen molar-refractivity contribution in [1.82, 2.24) is 4.98 Å². The summed E-state index contributed by atoms with van der Waals surface area (Å²) in [6.45, 7) is 1.71. The van der Waals surface area contributed by atoms with Crippen LogP contribution in [0.1, 0.15) is 12.5 Å². The van der Waals surface area contributed by atoms with Crippen LogP contribution in [-0.2, 0) is 0 Å². The van der Waals surface area contributed by atoms with Crippen LogP contribution in [0, 0.1) is 5.41 Å². The maximum absolute atomic E-state index is 7.73. The Kier molecular flexibility index (Phi) is 2.79. The highest BCUT2D eigenvalue weighted by Crippen LogP contribution is 2.30. The highest BCUT2D eigenvalue weighted by atomic mass is 35.5. The first-order valence-electron chi connectivity index (χ1n) is 4.96. The van der Waals surface area contributed by atoms with E-state index in [4.69, 9.17) is 17.0 Å². The van der Waals surface area contributed by atoms with Crippen LogP contribution >= 0.6 is 11.6 Å². The molecule has 1 heterocycles. The van der Waals surface area contributed by atoms with Crippen molar-refractivity contribution in [3.8, 4) is 0 Å². The molecule has 82 valence electrons. The summed E-state index contributed by atoms with van der Waals surface area (Å²) >= 11 is 6.30. The Labute approximate surface area is 99.0 Å². The summed E-state index contributed by atoms with van der Waals surface area (Å²) in [6.07, 6.45) is 0. The molecular weight excluding hydrogens is 222 g/mol. The Balaban J connectivity index is 2.87. The van der Waals surface area contributed by atoms with E-state index < -0.39 is 0 Å². The summed E-state index contributed by atoms with van der Waals surface area (Å²) < 4.78 is 0. The van der Waals surface area contributed by atoms with Gasteiger partial charge >= 0.3 is 0 Å². The van der Waals surface area contributed by atoms with Gasteiger partial charge < -0.3 is 10.7 Å². The van der Waals surface area contributed by atoms with Crippen molar-refractivity contribution in [2.45, 2.75) is 6.92 Å². The lowest BCUT2D eigenvalue weighted by Gasteiger charge is -2.11. The first-order chi connectivity index (χ1) is 7.65. The maximum atomic E-state index is 7.73. The Bertz CT molecular complexity index is 563. The van der Waals surface area contributed by atoms with E-state index in [0.717, 1.165) is 10.9 Å². The number of benzene rings is 1. The van der Waals surface area contributed by atoms with Gasteiger partial charge in [-0.25, -0.2) is 4.98 Å². The molecule has 0 aliphatic rings. The molecule has 2 N–H and O–H groups in total. The molecule has 2 aromatic rings. The number of anilines is 1. The van der Waals surface area contributed by atoms with Crippen molar-refractivity contribution in [3.63, 3.8) is 0 Å². The second-order valence-corrected chi connectivity index (χ2v) is 3.92. The molecule has 0 saturated heterocycles. The minimum atomic E-state index is 0.410. The predicted molar refractivity (Wildman–Crippen MR) is 68.8 cm³/mol. The molecule has 0 saturated carbocycles. The van der Waals surface area contributed by atoms with Crippen LogP contribution in [0.5, 0.6) is 0 Å². The molecule has 0 atom stereocenters. The molecule has 16 heavy (non-hydrogen) atoms. The largest absolute Gasteiger partial charge is 0.373 e. The molecule has 0 radical (unpaired) electrons. The molecule has 0 aliphatic carbocycles. The highest BCUT2D eigenvalue weighted by Gasteiger charge is 2.13. The van der Waals surface area contributed by atoms with Crippen LogP contribution in [0.2, 0.25) is 5.02 Å². The van der Waals surface area contributed by atoms with Gasteiger partial charge in [0.2, 0.25) is 0 Å². The number of nitrogens with zero attached hydrogens (tertiary/aromatic N) is 1. The predicted octanol–water partition coefficient (Wildman–Crippen LogP) is 3.32. The van der Waals surface area contributed by atoms with E-state index in [0.29, 0.717) is 22.1 Å². The summed E-state index contributed by atoms with van der Waals surface area (Å²) in [4.78, 5) is 4.44. The fourth-order valence-corrected chi connectivity index (χ4v) is 2.09. The third-order valence-electron chi connectivity index (χ3n) is 2.44. The quantitative estimate of drug-likeness (QED) is 0.782. The third-order valence-corrected chi connectivity index (χ3v) is 2.83. The summed E-state index contributed by atoms with van der Waals surface area (Å²) in [5, 5.41) is 12.2. The van der Waals surface area contributed by atoms with Crippen LogP contribution in [0.15, 0.2) is 24.3 Å². The topological polar surface area (TPSA) is 48.8 Å². The zero-order valence-corrected chi connectivity index (χ0v) is 9.89. The Morgan fingerprint density at radius 1 is 1.38 bits per heavy atom. The van der Waals surface area contributed by atoms with Gasteiger partial charge in [0.15, 0.2) is 0 Å². The van der Waals surface area contributed by atoms with Gasteiger partial charge in [0.1, 0.15) is 5.82 Å². The van der Waals surface area contributed by atoms with Gasteiger partial charge in [0.25, 0.3) is 0 Å². The van der Waals surface area contributed by atoms with Crippen molar-refractivity contribution < 1.29 is 0 Å². The molecule has 0 fully saturated rings. The molecule has 2 rings (SSSR count). The van der Waals surface area contributed by atoms with Crippen molar-refractivity contribution in [3.05, 3.63) is 34.9 Å². The maximum Gasteiger partial charge on any atom is 0.137 e. The molecule has 1 aromatic carbocycles. The number of aromatic nitrogens is 1. The van der Waals surface area contributed by atoms with Crippen molar-refractivity contribution >= 4 is 34.0 Å². The monoisotopic (exact) mass is 233 g/mol. The van der Waals surface area contributed by atoms with Gasteiger partial charge in [0, 0.05) is 18.1 Å². The number of nitrogens with one attached hydrogen (secondary N) is 2. The van der Waals surface area contributed by atoms with Gasteiger partial charge in [-0.15, -0.1) is 0 Å². The van der Waals surface area contributed by atoms with E-state index in [1.54, 1.807) is 14.0 Å². The average Bonchev–Trinajstić information content (AvgIpc) is 2.28. The second kappa shape index (κ2) is 4.10. The number of rotatable bonds is 2. The second-order valence-electron chi connectivity index (χ2n) is 3.54. The third kappa shape index (κ3) is 1.63. The van der Waals surface area contributed by atoms with Gasteiger partial charge in [-0.2, -0.15) is 0 Å². The summed E-state index contributed by atoms with van der Waals surface area (Å²) in [5.74, 6) is 0.649. The van der Waals surface area contributed by atoms with E-state index in [1.807, 2.05) is 24.3 Å². The number of pyridine rings is 1. The number of halogens is 1. The molecule has 0 amide bonds. The summed E-state index contributed by atoms with van der Waals surface area (Å²) in [7, 11) is 1.78. The molecular formula is C12H12ClN3. The SMILES string of the molecule is CNc1nc2ccccc2c(Cl)c1C(C)=N. The Morgan fingerprint density at radius 2 is 2.06 bits per heavy atom. The Morgan fingerprint density at radius 3 is 2.69 bits per heavy atom. The van der Waals surface area contributed by atoms with Crippen LogP contribution in [0.4, 0.5) is 5.82 Å². The number of hydrogen-bond donors (Lipinski definition) is 2. The molecule has 3 nitrogen and oxygen atoms in total. The van der Waals surface area contributed by atoms with Crippen LogP contribution in [0.3, 0.4) is 0 Å². The summed E-state index contributed by atoms with van der Waals surface area (Å²) in [5.41, 5.74) is 1.91. The lowest BCUT2D eigenvalue weighted by atomic mass is 10.1. The van der Waals surface area contributed by atoms with Crippen molar-refractivity contribution in [2.75, 3.05) is 12.4 Å². The van der Waals surface area contributed by atoms with E-state index in [9.17, 15) is 0 Å². The minimum Gasteiger partial charge on any atom is -0.373 e. The van der Waals surface area contributed by atoms with Crippen molar-refractivity contribution in [2.24, 2.45) is 0 Å². The van der Waals surface area contributed by atoms with E-state index >= 15 is 0 Å². The zero-order valence-electron chi connectivity index (χ0n) is 9.13. The van der Waals surface area contributed by atoms with Crippen LogP contribution in [0.25, 0.3) is 10.9 Å². The number of hydrogen-bond acceptors (Lipinski definition) is 3. The smallest absolute Gasteiger partial charge is 0.137 e. The van der Waals surface area contributed by atoms with Gasteiger partial charge in [-0.05, 0) is 13.0 Å². The molecule has 1 aromatic heterocycles. The van der Waals surface area contributed by atoms with E-state index in [1.165, 1.54) is 0 Å². The fraction of sp³-hybridized carbons (Fsp3) is 0.167. The Hall–Kier alpha value is -1.61. The first kappa shape index (κ1) is 10.9. The lowest BCUT2D eigenvalue weighted by molar-refractivity contribution is 1.32.